The van der Waals surface area contributed by atoms with Crippen molar-refractivity contribution in [3.8, 4) is 123 Å². The van der Waals surface area contributed by atoms with E-state index in [1.807, 2.05) is 0 Å². The lowest BCUT2D eigenvalue weighted by atomic mass is 9.83. The van der Waals surface area contributed by atoms with Crippen LogP contribution in [0.25, 0.3) is 111 Å². The molecule has 0 fully saturated rings. The van der Waals surface area contributed by atoms with E-state index in [-0.39, 0.29) is 0 Å². The third-order valence-electron chi connectivity index (χ3n) is 13.9. The largest absolute Gasteiger partial charge is 0.455 e. The fourth-order valence-electron chi connectivity index (χ4n) is 10.5. The molecular formula is C72H50O. The molecule has 0 saturated heterocycles. The Hall–Kier alpha value is -9.56. The molecule has 12 rings (SSSR count). The maximum absolute atomic E-state index is 8.32. The van der Waals surface area contributed by atoms with E-state index in [0.717, 1.165) is 123 Å². The summed E-state index contributed by atoms with van der Waals surface area (Å²) in [7, 11) is 0. The molecular weight excluding hydrogens is 881 g/mol. The Labute approximate surface area is 428 Å². The van der Waals surface area contributed by atoms with Crippen molar-refractivity contribution in [2.24, 2.45) is 0 Å². The molecule has 12 aromatic carbocycles. The molecule has 0 spiro atoms. The van der Waals surface area contributed by atoms with Crippen molar-refractivity contribution >= 4 is 0 Å². The van der Waals surface area contributed by atoms with Crippen LogP contribution in [0.3, 0.4) is 0 Å². The lowest BCUT2D eigenvalue weighted by molar-refractivity contribution is 0.490. The van der Waals surface area contributed by atoms with Crippen molar-refractivity contribution in [1.29, 1.82) is 0 Å². The van der Waals surface area contributed by atoms with E-state index in [4.69, 9.17) is 4.74 Å². The highest BCUT2D eigenvalue weighted by atomic mass is 16.5. The molecule has 0 amide bonds. The number of hydrogen-bond donors (Lipinski definition) is 0. The lowest BCUT2D eigenvalue weighted by Crippen LogP contribution is -2.02. The molecule has 1 nitrogen and oxygen atoms in total. The van der Waals surface area contributed by atoms with Gasteiger partial charge in [-0.25, -0.2) is 0 Å². The minimum absolute atomic E-state index is 0.763. The Bertz CT molecular complexity index is 3570. The van der Waals surface area contributed by atoms with Crippen LogP contribution in [0.5, 0.6) is 11.5 Å². The van der Waals surface area contributed by atoms with Crippen LogP contribution in [0.4, 0.5) is 0 Å². The van der Waals surface area contributed by atoms with E-state index < -0.39 is 0 Å². The van der Waals surface area contributed by atoms with Gasteiger partial charge in [-0.3, -0.25) is 0 Å². The van der Waals surface area contributed by atoms with E-state index in [1.165, 1.54) is 0 Å². The van der Waals surface area contributed by atoms with Crippen LogP contribution in [-0.4, -0.2) is 0 Å². The van der Waals surface area contributed by atoms with Crippen molar-refractivity contribution in [3.63, 3.8) is 0 Å². The van der Waals surface area contributed by atoms with Gasteiger partial charge in [-0.1, -0.05) is 291 Å². The maximum Gasteiger partial charge on any atom is 0.143 e. The lowest BCUT2D eigenvalue weighted by Gasteiger charge is -2.27. The van der Waals surface area contributed by atoms with Gasteiger partial charge in [-0.2, -0.15) is 0 Å². The van der Waals surface area contributed by atoms with Crippen molar-refractivity contribution in [2.45, 2.75) is 0 Å². The fraction of sp³-hybridized carbons (Fsp3) is 0. The van der Waals surface area contributed by atoms with Crippen LogP contribution in [-0.2, 0) is 0 Å². The molecule has 0 unspecified atom stereocenters. The van der Waals surface area contributed by atoms with Gasteiger partial charge in [0.2, 0.25) is 0 Å². The Kier molecular flexibility index (Phi) is 12.5. The third kappa shape index (κ3) is 8.86. The second-order valence-corrected chi connectivity index (χ2v) is 18.2. The van der Waals surface area contributed by atoms with Crippen molar-refractivity contribution in [3.05, 3.63) is 303 Å². The summed E-state index contributed by atoms with van der Waals surface area (Å²) in [5, 5.41) is 0. The highest BCUT2D eigenvalue weighted by molar-refractivity contribution is 6.04. The molecule has 0 radical (unpaired) electrons. The molecule has 0 heterocycles. The Balaban J connectivity index is 1.25. The predicted octanol–water partition coefficient (Wildman–Crippen LogP) is 20.1. The van der Waals surface area contributed by atoms with Crippen LogP contribution in [0, 0.1) is 0 Å². The number of rotatable bonds is 12. The maximum atomic E-state index is 8.32. The molecule has 0 bridgehead atoms. The highest BCUT2D eigenvalue weighted by Crippen LogP contribution is 2.56. The van der Waals surface area contributed by atoms with Gasteiger partial charge in [-0.15, -0.1) is 0 Å². The molecule has 1 heteroatoms. The SMILES string of the molecule is c1ccc(-c2ccccc2-c2ccc(-c3ccccc3)c(Oc3c(-c4ccccc4)ccc(-c4ccccc4-c4ccccc4)c3-c3ccccc3-c3ccccc3)c2-c2ccccc2-c2ccccc2)cc1. The minimum atomic E-state index is 0.763. The van der Waals surface area contributed by atoms with E-state index in [1.54, 1.807) is 0 Å². The standard InChI is InChI=1S/C72H50O/c1-7-27-51(28-8-1)57-39-19-23-43-63(57)67-49-47-61(55-35-15-5-16-36-55)71(69(67)65-45-25-21-41-59(65)53-31-11-3-12-32-53)73-72-62(56-37-17-6-18-38-56)48-50-68(64-44-24-20-40-58(64)52-29-9-2-10-30-52)70(72)66-46-26-22-42-60(66)54-33-13-4-14-34-54/h1-50H. The normalized spacial score (nSPS) is 11.0. The van der Waals surface area contributed by atoms with Gasteiger partial charge in [0.1, 0.15) is 11.5 Å². The van der Waals surface area contributed by atoms with Crippen molar-refractivity contribution in [2.75, 3.05) is 0 Å². The highest BCUT2D eigenvalue weighted by Gasteiger charge is 2.28. The monoisotopic (exact) mass is 930 g/mol. The van der Waals surface area contributed by atoms with Gasteiger partial charge >= 0.3 is 0 Å². The Morgan fingerprint density at radius 3 is 0.603 bits per heavy atom. The van der Waals surface area contributed by atoms with Crippen LogP contribution in [0.2, 0.25) is 0 Å². The summed E-state index contributed by atoms with van der Waals surface area (Å²) in [5.74, 6) is 1.53. The smallest absolute Gasteiger partial charge is 0.143 e. The van der Waals surface area contributed by atoms with Gasteiger partial charge in [-0.05, 0) is 101 Å². The summed E-state index contributed by atoms with van der Waals surface area (Å²) in [6, 6.07) is 109. The zero-order valence-electron chi connectivity index (χ0n) is 40.3. The number of ether oxygens (including phenoxy) is 1. The molecule has 0 aliphatic heterocycles. The molecule has 73 heavy (non-hydrogen) atoms. The molecule has 0 atom stereocenters. The summed E-state index contributed by atoms with van der Waals surface area (Å²) < 4.78 is 8.32. The Morgan fingerprint density at radius 1 is 0.137 bits per heavy atom. The van der Waals surface area contributed by atoms with Crippen LogP contribution >= 0.6 is 0 Å². The average molecular weight is 931 g/mol. The summed E-state index contributed by atoms with van der Waals surface area (Å²) in [6.45, 7) is 0. The quantitative estimate of drug-likeness (QED) is 0.119. The predicted molar refractivity (Wildman–Crippen MR) is 307 cm³/mol. The number of hydrogen-bond acceptors (Lipinski definition) is 1. The van der Waals surface area contributed by atoms with E-state index in [2.05, 4.69) is 303 Å². The first-order valence-electron chi connectivity index (χ1n) is 25.0. The van der Waals surface area contributed by atoms with Crippen molar-refractivity contribution < 1.29 is 4.74 Å². The number of benzene rings is 12. The molecule has 0 saturated carbocycles. The third-order valence-corrected chi connectivity index (χ3v) is 13.9. The molecule has 344 valence electrons. The van der Waals surface area contributed by atoms with E-state index >= 15 is 0 Å². The summed E-state index contributed by atoms with van der Waals surface area (Å²) >= 11 is 0. The van der Waals surface area contributed by atoms with Crippen molar-refractivity contribution in [1.82, 2.24) is 0 Å². The zero-order valence-corrected chi connectivity index (χ0v) is 40.3. The van der Waals surface area contributed by atoms with Gasteiger partial charge in [0, 0.05) is 22.3 Å². The van der Waals surface area contributed by atoms with Crippen LogP contribution < -0.4 is 4.74 Å². The molecule has 12 aromatic rings. The van der Waals surface area contributed by atoms with E-state index in [9.17, 15) is 0 Å². The zero-order chi connectivity index (χ0) is 48.8. The first kappa shape index (κ1) is 44.6. The summed E-state index contributed by atoms with van der Waals surface area (Å²) in [4.78, 5) is 0. The Morgan fingerprint density at radius 2 is 0.329 bits per heavy atom. The molecule has 0 aromatic heterocycles. The first-order valence-corrected chi connectivity index (χ1v) is 25.0. The first-order chi connectivity index (χ1) is 36.3. The van der Waals surface area contributed by atoms with Gasteiger partial charge in [0.05, 0.1) is 0 Å². The van der Waals surface area contributed by atoms with Gasteiger partial charge in [0.15, 0.2) is 0 Å². The second-order valence-electron chi connectivity index (χ2n) is 18.2. The molecule has 0 aliphatic carbocycles. The molecule has 0 aliphatic rings. The topological polar surface area (TPSA) is 9.23 Å². The molecule has 0 N–H and O–H groups in total. The summed E-state index contributed by atoms with van der Waals surface area (Å²) in [6.07, 6.45) is 0. The van der Waals surface area contributed by atoms with E-state index in [0.29, 0.717) is 0 Å². The average Bonchev–Trinajstić information content (AvgIpc) is 3.48. The summed E-state index contributed by atoms with van der Waals surface area (Å²) in [5.41, 5.74) is 21.6. The van der Waals surface area contributed by atoms with Gasteiger partial charge in [0.25, 0.3) is 0 Å². The van der Waals surface area contributed by atoms with Gasteiger partial charge < -0.3 is 4.74 Å². The van der Waals surface area contributed by atoms with Crippen LogP contribution in [0.15, 0.2) is 303 Å². The fourth-order valence-corrected chi connectivity index (χ4v) is 10.5. The van der Waals surface area contributed by atoms with Crippen LogP contribution in [0.1, 0.15) is 0 Å². The second kappa shape index (κ2) is 20.4. The minimum Gasteiger partial charge on any atom is -0.455 e.